The van der Waals surface area contributed by atoms with E-state index in [1.807, 2.05) is 19.0 Å². The van der Waals surface area contributed by atoms with Gasteiger partial charge in [0.25, 0.3) is 0 Å². The van der Waals surface area contributed by atoms with Crippen LogP contribution in [-0.4, -0.2) is 40.0 Å². The molecule has 1 N–H and O–H groups in total. The van der Waals surface area contributed by atoms with Crippen molar-refractivity contribution in [3.63, 3.8) is 0 Å². The highest BCUT2D eigenvalue weighted by Gasteiger charge is 2.22. The van der Waals surface area contributed by atoms with E-state index in [2.05, 4.69) is 11.6 Å². The molecule has 0 unspecified atom stereocenters. The van der Waals surface area contributed by atoms with Crippen molar-refractivity contribution in [3.05, 3.63) is 28.8 Å². The minimum atomic E-state index is -3.58. The van der Waals surface area contributed by atoms with E-state index in [0.717, 1.165) is 12.8 Å². The Bertz CT molecular complexity index is 524. The Morgan fingerprint density at radius 1 is 1.35 bits per heavy atom. The molecule has 0 radical (unpaired) electrons. The number of rotatable bonds is 7. The molecule has 0 heterocycles. The van der Waals surface area contributed by atoms with Crippen LogP contribution in [0.4, 0.5) is 0 Å². The number of aryl methyl sites for hydroxylation is 1. The lowest BCUT2D eigenvalue weighted by atomic mass is 10.1. The van der Waals surface area contributed by atoms with Crippen molar-refractivity contribution in [2.45, 2.75) is 37.6 Å². The van der Waals surface area contributed by atoms with Crippen LogP contribution >= 0.6 is 11.6 Å². The van der Waals surface area contributed by atoms with Gasteiger partial charge in [-0.15, -0.1) is 0 Å². The average molecular weight is 319 g/mol. The standard InChI is InChI=1S/C14H23ClN2O2S/c1-5-7-12(17(3)4)10-16-20(18,19)14-11(2)8-6-9-13(14)15/h6,8-9,12,16H,5,7,10H2,1-4H3/t12-/m0/s1. The largest absolute Gasteiger partial charge is 0.305 e. The highest BCUT2D eigenvalue weighted by atomic mass is 35.5. The van der Waals surface area contributed by atoms with Crippen LogP contribution in [0.1, 0.15) is 25.3 Å². The summed E-state index contributed by atoms with van der Waals surface area (Å²) in [6.45, 7) is 4.22. The van der Waals surface area contributed by atoms with Crippen molar-refractivity contribution >= 4 is 21.6 Å². The quantitative estimate of drug-likeness (QED) is 0.841. The van der Waals surface area contributed by atoms with Crippen LogP contribution in [-0.2, 0) is 10.0 Å². The smallest absolute Gasteiger partial charge is 0.242 e. The lowest BCUT2D eigenvalue weighted by Gasteiger charge is -2.24. The highest BCUT2D eigenvalue weighted by Crippen LogP contribution is 2.24. The van der Waals surface area contributed by atoms with E-state index in [4.69, 9.17) is 11.6 Å². The molecular weight excluding hydrogens is 296 g/mol. The van der Waals surface area contributed by atoms with Gasteiger partial charge in [0.05, 0.1) is 5.02 Å². The van der Waals surface area contributed by atoms with Gasteiger partial charge in [-0.1, -0.05) is 37.1 Å². The number of nitrogens with zero attached hydrogens (tertiary/aromatic N) is 1. The number of benzene rings is 1. The number of likely N-dealkylation sites (N-methyl/N-ethyl adjacent to an activating group) is 1. The van der Waals surface area contributed by atoms with Crippen LogP contribution in [0.25, 0.3) is 0 Å². The number of hydrogen-bond donors (Lipinski definition) is 1. The van der Waals surface area contributed by atoms with Gasteiger partial charge in [0.15, 0.2) is 0 Å². The minimum Gasteiger partial charge on any atom is -0.305 e. The summed E-state index contributed by atoms with van der Waals surface area (Å²) in [4.78, 5) is 2.21. The van der Waals surface area contributed by atoms with Gasteiger partial charge < -0.3 is 4.90 Å². The van der Waals surface area contributed by atoms with E-state index in [1.165, 1.54) is 0 Å². The predicted octanol–water partition coefficient (Wildman–Crippen LogP) is 2.66. The fourth-order valence-corrected chi connectivity index (χ4v) is 4.01. The first-order valence-electron chi connectivity index (χ1n) is 6.70. The predicted molar refractivity (Wildman–Crippen MR) is 83.8 cm³/mol. The zero-order valence-electron chi connectivity index (χ0n) is 12.5. The molecule has 0 fully saturated rings. The van der Waals surface area contributed by atoms with Gasteiger partial charge in [-0.3, -0.25) is 0 Å². The maximum absolute atomic E-state index is 12.4. The summed E-state index contributed by atoms with van der Waals surface area (Å²) in [7, 11) is 0.330. The zero-order chi connectivity index (χ0) is 15.3. The Labute approximate surface area is 127 Å². The van der Waals surface area contributed by atoms with Crippen LogP contribution in [0, 0.1) is 6.92 Å². The Morgan fingerprint density at radius 3 is 2.50 bits per heavy atom. The maximum atomic E-state index is 12.4. The number of hydrogen-bond acceptors (Lipinski definition) is 3. The Morgan fingerprint density at radius 2 is 2.00 bits per heavy atom. The first-order chi connectivity index (χ1) is 9.29. The van der Waals surface area contributed by atoms with E-state index < -0.39 is 10.0 Å². The molecule has 0 saturated carbocycles. The second-order valence-electron chi connectivity index (χ2n) is 5.14. The molecule has 0 aliphatic carbocycles. The summed E-state index contributed by atoms with van der Waals surface area (Å²) < 4.78 is 27.5. The van der Waals surface area contributed by atoms with Crippen molar-refractivity contribution in [1.82, 2.24) is 9.62 Å². The van der Waals surface area contributed by atoms with E-state index in [-0.39, 0.29) is 16.0 Å². The number of sulfonamides is 1. The minimum absolute atomic E-state index is 0.177. The summed E-state index contributed by atoms with van der Waals surface area (Å²) in [5.41, 5.74) is 0.655. The third-order valence-corrected chi connectivity index (χ3v) is 5.35. The molecule has 0 saturated heterocycles. The second-order valence-corrected chi connectivity index (χ2v) is 7.25. The molecule has 20 heavy (non-hydrogen) atoms. The topological polar surface area (TPSA) is 49.4 Å². The van der Waals surface area contributed by atoms with Crippen LogP contribution in [0.15, 0.2) is 23.1 Å². The van der Waals surface area contributed by atoms with E-state index in [9.17, 15) is 8.42 Å². The molecule has 0 aliphatic heterocycles. The van der Waals surface area contributed by atoms with Gasteiger partial charge in [0.2, 0.25) is 10.0 Å². The number of halogens is 1. The Kier molecular flexibility index (Phi) is 6.45. The molecule has 1 rings (SSSR count). The molecule has 1 atom stereocenters. The highest BCUT2D eigenvalue weighted by molar-refractivity contribution is 7.89. The summed E-state index contributed by atoms with van der Waals surface area (Å²) in [5, 5.41) is 0.259. The Hall–Kier alpha value is -0.620. The normalized spacial score (nSPS) is 13.7. The zero-order valence-corrected chi connectivity index (χ0v) is 14.1. The van der Waals surface area contributed by atoms with Crippen LogP contribution in [0.3, 0.4) is 0 Å². The average Bonchev–Trinajstić information content (AvgIpc) is 2.33. The molecule has 4 nitrogen and oxygen atoms in total. The van der Waals surface area contributed by atoms with Gasteiger partial charge in [-0.2, -0.15) is 0 Å². The summed E-state index contributed by atoms with van der Waals surface area (Å²) >= 11 is 6.02. The van der Waals surface area contributed by atoms with Crippen molar-refractivity contribution in [2.24, 2.45) is 0 Å². The molecule has 1 aromatic rings. The van der Waals surface area contributed by atoms with Gasteiger partial charge in [0, 0.05) is 12.6 Å². The molecule has 0 spiro atoms. The van der Waals surface area contributed by atoms with Gasteiger partial charge in [-0.05, 0) is 39.1 Å². The molecule has 114 valence electrons. The third kappa shape index (κ3) is 4.45. The van der Waals surface area contributed by atoms with Crippen LogP contribution < -0.4 is 4.72 Å². The lowest BCUT2D eigenvalue weighted by molar-refractivity contribution is 0.277. The monoisotopic (exact) mass is 318 g/mol. The van der Waals surface area contributed by atoms with Crippen LogP contribution in [0.5, 0.6) is 0 Å². The fourth-order valence-electron chi connectivity index (χ4n) is 2.11. The van der Waals surface area contributed by atoms with Crippen molar-refractivity contribution in [1.29, 1.82) is 0 Å². The molecule has 0 aliphatic rings. The van der Waals surface area contributed by atoms with Crippen molar-refractivity contribution in [2.75, 3.05) is 20.6 Å². The lowest BCUT2D eigenvalue weighted by Crippen LogP contribution is -2.40. The molecule has 6 heteroatoms. The summed E-state index contributed by atoms with van der Waals surface area (Å²) in [6.07, 6.45) is 1.95. The van der Waals surface area contributed by atoms with Crippen molar-refractivity contribution in [3.8, 4) is 0 Å². The molecule has 0 amide bonds. The first kappa shape index (κ1) is 17.4. The number of nitrogens with one attached hydrogen (secondary N) is 1. The molecular formula is C14H23ClN2O2S. The van der Waals surface area contributed by atoms with Gasteiger partial charge in [0.1, 0.15) is 4.90 Å². The van der Waals surface area contributed by atoms with E-state index in [0.29, 0.717) is 12.1 Å². The Balaban J connectivity index is 2.90. The third-order valence-electron chi connectivity index (χ3n) is 3.29. The van der Waals surface area contributed by atoms with E-state index >= 15 is 0 Å². The summed E-state index contributed by atoms with van der Waals surface area (Å²) in [6, 6.07) is 5.27. The second kappa shape index (κ2) is 7.41. The molecule has 1 aromatic carbocycles. The van der Waals surface area contributed by atoms with Gasteiger partial charge >= 0.3 is 0 Å². The van der Waals surface area contributed by atoms with Crippen molar-refractivity contribution < 1.29 is 8.42 Å². The van der Waals surface area contributed by atoms with Gasteiger partial charge in [-0.25, -0.2) is 13.1 Å². The molecule has 0 bridgehead atoms. The van der Waals surface area contributed by atoms with Crippen LogP contribution in [0.2, 0.25) is 5.02 Å². The first-order valence-corrected chi connectivity index (χ1v) is 8.57. The SMILES string of the molecule is CCC[C@@H](CNS(=O)(=O)c1c(C)cccc1Cl)N(C)C. The maximum Gasteiger partial charge on any atom is 0.242 e. The fraction of sp³-hybridized carbons (Fsp3) is 0.571. The summed E-state index contributed by atoms with van der Waals surface area (Å²) in [5.74, 6) is 0. The van der Waals surface area contributed by atoms with E-state index in [1.54, 1.807) is 25.1 Å². The molecule has 0 aromatic heterocycles.